The third-order valence-corrected chi connectivity index (χ3v) is 6.98. The van der Waals surface area contributed by atoms with Crippen LogP contribution >= 0.6 is 11.6 Å². The number of nitrogens with one attached hydrogen (secondary N) is 1. The second-order valence-corrected chi connectivity index (χ2v) is 8.95. The van der Waals surface area contributed by atoms with Crippen LogP contribution in [0.5, 0.6) is 0 Å². The summed E-state index contributed by atoms with van der Waals surface area (Å²) in [6, 6.07) is 12.9. The number of anilines is 1. The molecule has 1 N–H and O–H groups in total. The molecule has 2 aromatic carbocycles. The van der Waals surface area contributed by atoms with Crippen molar-refractivity contribution >= 4 is 33.2 Å². The summed E-state index contributed by atoms with van der Waals surface area (Å²) in [7, 11) is -3.76. The van der Waals surface area contributed by atoms with Crippen molar-refractivity contribution in [2.45, 2.75) is 43.5 Å². The van der Waals surface area contributed by atoms with E-state index in [-0.39, 0.29) is 10.8 Å². The molecule has 0 aliphatic carbocycles. The SMILES string of the molecule is CCc1ccc(NC(=O)C2CCCCN2S(=O)(=O)c2ccc(Cl)cc2)cc1. The third kappa shape index (κ3) is 4.51. The molecule has 0 saturated carbocycles. The van der Waals surface area contributed by atoms with Gasteiger partial charge in [0.2, 0.25) is 15.9 Å². The van der Waals surface area contributed by atoms with Crippen LogP contribution in [0.1, 0.15) is 31.7 Å². The van der Waals surface area contributed by atoms with Crippen LogP contribution in [0.25, 0.3) is 0 Å². The highest BCUT2D eigenvalue weighted by Gasteiger charge is 2.37. The van der Waals surface area contributed by atoms with Gasteiger partial charge in [0.1, 0.15) is 6.04 Å². The van der Waals surface area contributed by atoms with Gasteiger partial charge >= 0.3 is 0 Å². The second-order valence-electron chi connectivity index (χ2n) is 6.62. The molecule has 1 aliphatic heterocycles. The Morgan fingerprint density at radius 1 is 1.11 bits per heavy atom. The maximum absolute atomic E-state index is 13.1. The van der Waals surface area contributed by atoms with E-state index in [9.17, 15) is 13.2 Å². The van der Waals surface area contributed by atoms with Crippen LogP contribution in [-0.4, -0.2) is 31.2 Å². The summed E-state index contributed by atoms with van der Waals surface area (Å²) in [5.74, 6) is -0.295. The molecule has 7 heteroatoms. The summed E-state index contributed by atoms with van der Waals surface area (Å²) in [5.41, 5.74) is 1.85. The van der Waals surface area contributed by atoms with E-state index < -0.39 is 16.1 Å². The lowest BCUT2D eigenvalue weighted by atomic mass is 10.0. The molecule has 0 spiro atoms. The molecule has 1 amide bonds. The van der Waals surface area contributed by atoms with Crippen molar-refractivity contribution in [3.05, 3.63) is 59.1 Å². The van der Waals surface area contributed by atoms with Gasteiger partial charge < -0.3 is 5.32 Å². The quantitative estimate of drug-likeness (QED) is 0.813. The molecule has 1 atom stereocenters. The molecule has 0 aromatic heterocycles. The number of sulfonamides is 1. The molecular formula is C20H23ClN2O3S. The van der Waals surface area contributed by atoms with Crippen LogP contribution in [0.15, 0.2) is 53.4 Å². The van der Waals surface area contributed by atoms with Gasteiger partial charge in [-0.25, -0.2) is 8.42 Å². The number of carbonyl (C=O) groups excluding carboxylic acids is 1. The molecule has 144 valence electrons. The van der Waals surface area contributed by atoms with Gasteiger partial charge in [0, 0.05) is 17.3 Å². The Kier molecular flexibility index (Phi) is 6.19. The number of benzene rings is 2. The predicted molar refractivity (Wildman–Crippen MR) is 107 cm³/mol. The molecule has 0 bridgehead atoms. The number of carbonyl (C=O) groups is 1. The van der Waals surface area contributed by atoms with Crippen molar-refractivity contribution in [3.63, 3.8) is 0 Å². The minimum atomic E-state index is -3.76. The Morgan fingerprint density at radius 3 is 2.41 bits per heavy atom. The summed E-state index contributed by atoms with van der Waals surface area (Å²) in [4.78, 5) is 13.0. The van der Waals surface area contributed by atoms with Crippen molar-refractivity contribution < 1.29 is 13.2 Å². The highest BCUT2D eigenvalue weighted by molar-refractivity contribution is 7.89. The standard InChI is InChI=1S/C20H23ClN2O3S/c1-2-15-6-10-17(11-7-15)22-20(24)19-5-3-4-14-23(19)27(25,26)18-12-8-16(21)9-13-18/h6-13,19H,2-5,14H2,1H3,(H,22,24). The van der Waals surface area contributed by atoms with Gasteiger partial charge in [-0.1, -0.05) is 37.1 Å². The van der Waals surface area contributed by atoms with E-state index in [1.165, 1.54) is 22.0 Å². The Morgan fingerprint density at radius 2 is 1.78 bits per heavy atom. The predicted octanol–water partition coefficient (Wildman–Crippen LogP) is 4.08. The Labute approximate surface area is 165 Å². The van der Waals surface area contributed by atoms with Gasteiger partial charge in [-0.15, -0.1) is 0 Å². The number of hydrogen-bond donors (Lipinski definition) is 1. The maximum atomic E-state index is 13.1. The van der Waals surface area contributed by atoms with E-state index >= 15 is 0 Å². The normalized spacial score (nSPS) is 18.2. The lowest BCUT2D eigenvalue weighted by Gasteiger charge is -2.33. The van der Waals surface area contributed by atoms with E-state index in [4.69, 9.17) is 11.6 Å². The fourth-order valence-corrected chi connectivity index (χ4v) is 5.03. The van der Waals surface area contributed by atoms with Crippen LogP contribution in [0.3, 0.4) is 0 Å². The lowest BCUT2D eigenvalue weighted by Crippen LogP contribution is -2.49. The zero-order valence-corrected chi connectivity index (χ0v) is 16.8. The van der Waals surface area contributed by atoms with E-state index in [2.05, 4.69) is 12.2 Å². The minimum Gasteiger partial charge on any atom is -0.325 e. The molecule has 1 heterocycles. The molecule has 0 radical (unpaired) electrons. The monoisotopic (exact) mass is 406 g/mol. The molecule has 3 rings (SSSR count). The summed E-state index contributed by atoms with van der Waals surface area (Å²) in [5, 5.41) is 3.33. The molecule has 5 nitrogen and oxygen atoms in total. The molecule has 27 heavy (non-hydrogen) atoms. The highest BCUT2D eigenvalue weighted by Crippen LogP contribution is 2.27. The van der Waals surface area contributed by atoms with Crippen LogP contribution in [0, 0.1) is 0 Å². The van der Waals surface area contributed by atoms with Crippen LogP contribution in [0.4, 0.5) is 5.69 Å². The van der Waals surface area contributed by atoms with Gasteiger partial charge in [0.15, 0.2) is 0 Å². The molecule has 1 unspecified atom stereocenters. The average Bonchev–Trinajstić information content (AvgIpc) is 2.69. The lowest BCUT2D eigenvalue weighted by molar-refractivity contribution is -0.120. The first-order chi connectivity index (χ1) is 12.9. The smallest absolute Gasteiger partial charge is 0.243 e. The minimum absolute atomic E-state index is 0.152. The molecule has 1 saturated heterocycles. The molecule has 2 aromatic rings. The molecular weight excluding hydrogens is 384 g/mol. The van der Waals surface area contributed by atoms with Gasteiger partial charge in [0.05, 0.1) is 4.90 Å². The number of piperidine rings is 1. The van der Waals surface area contributed by atoms with Crippen molar-refractivity contribution in [2.75, 3.05) is 11.9 Å². The number of halogens is 1. The number of nitrogens with zero attached hydrogens (tertiary/aromatic N) is 1. The Bertz CT molecular complexity index is 896. The second kappa shape index (κ2) is 8.42. The van der Waals surface area contributed by atoms with Gasteiger partial charge in [-0.3, -0.25) is 4.79 Å². The van der Waals surface area contributed by atoms with Gasteiger partial charge in [-0.2, -0.15) is 4.31 Å². The summed E-state index contributed by atoms with van der Waals surface area (Å²) < 4.78 is 27.4. The molecule has 1 aliphatic rings. The topological polar surface area (TPSA) is 66.5 Å². The summed E-state index contributed by atoms with van der Waals surface area (Å²) in [6.45, 7) is 2.40. The first kappa shape index (κ1) is 19.9. The number of rotatable bonds is 5. The van der Waals surface area contributed by atoms with E-state index in [1.807, 2.05) is 24.3 Å². The van der Waals surface area contributed by atoms with Crippen molar-refractivity contribution in [2.24, 2.45) is 0 Å². The van der Waals surface area contributed by atoms with E-state index in [0.717, 1.165) is 19.3 Å². The van der Waals surface area contributed by atoms with Crippen LogP contribution in [0.2, 0.25) is 5.02 Å². The zero-order valence-electron chi connectivity index (χ0n) is 15.2. The van der Waals surface area contributed by atoms with Crippen LogP contribution in [-0.2, 0) is 21.2 Å². The fraction of sp³-hybridized carbons (Fsp3) is 0.350. The fourth-order valence-electron chi connectivity index (χ4n) is 3.25. The van der Waals surface area contributed by atoms with Crippen molar-refractivity contribution in [1.29, 1.82) is 0 Å². The maximum Gasteiger partial charge on any atom is 0.243 e. The zero-order chi connectivity index (χ0) is 19.4. The summed E-state index contributed by atoms with van der Waals surface area (Å²) in [6.07, 6.45) is 2.98. The largest absolute Gasteiger partial charge is 0.325 e. The van der Waals surface area contributed by atoms with Gasteiger partial charge in [0.25, 0.3) is 0 Å². The van der Waals surface area contributed by atoms with Crippen LogP contribution < -0.4 is 5.32 Å². The third-order valence-electron chi connectivity index (χ3n) is 4.81. The van der Waals surface area contributed by atoms with E-state index in [1.54, 1.807) is 12.1 Å². The van der Waals surface area contributed by atoms with Crippen molar-refractivity contribution in [1.82, 2.24) is 4.31 Å². The Balaban J connectivity index is 1.81. The highest BCUT2D eigenvalue weighted by atomic mass is 35.5. The van der Waals surface area contributed by atoms with E-state index in [0.29, 0.717) is 23.7 Å². The average molecular weight is 407 g/mol. The Hall–Kier alpha value is -1.89. The first-order valence-corrected chi connectivity index (χ1v) is 10.9. The number of amides is 1. The summed E-state index contributed by atoms with van der Waals surface area (Å²) >= 11 is 5.87. The number of aryl methyl sites for hydroxylation is 1. The van der Waals surface area contributed by atoms with Gasteiger partial charge in [-0.05, 0) is 61.2 Å². The van der Waals surface area contributed by atoms with Crippen molar-refractivity contribution in [3.8, 4) is 0 Å². The number of hydrogen-bond acceptors (Lipinski definition) is 3. The first-order valence-electron chi connectivity index (χ1n) is 9.09. The molecule has 1 fully saturated rings.